The van der Waals surface area contributed by atoms with Gasteiger partial charge in [-0.2, -0.15) is 0 Å². The summed E-state index contributed by atoms with van der Waals surface area (Å²) in [7, 11) is 0. The first kappa shape index (κ1) is 11.1. The van der Waals surface area contributed by atoms with Crippen molar-refractivity contribution in [2.24, 2.45) is 0 Å². The topological polar surface area (TPSA) is 58.6 Å². The van der Waals surface area contributed by atoms with Crippen molar-refractivity contribution in [3.8, 4) is 0 Å². The molecule has 18 heavy (non-hydrogen) atoms. The number of rotatable bonds is 1. The van der Waals surface area contributed by atoms with Crippen LogP contribution in [0.3, 0.4) is 0 Å². The molecule has 0 radical (unpaired) electrons. The molecule has 1 aromatic carbocycles. The van der Waals surface area contributed by atoms with Gasteiger partial charge < -0.3 is 15.0 Å². The van der Waals surface area contributed by atoms with Crippen LogP contribution >= 0.6 is 0 Å². The molecule has 2 aliphatic rings. The maximum atomic E-state index is 12.2. The highest BCUT2D eigenvalue weighted by molar-refractivity contribution is 5.88. The molecule has 0 aliphatic carbocycles. The third-order valence-electron chi connectivity index (χ3n) is 3.41. The maximum absolute atomic E-state index is 12.2. The summed E-state index contributed by atoms with van der Waals surface area (Å²) in [6.07, 6.45) is 0.356. The fourth-order valence-corrected chi connectivity index (χ4v) is 2.42. The van der Waals surface area contributed by atoms with Crippen LogP contribution in [0.15, 0.2) is 24.3 Å². The summed E-state index contributed by atoms with van der Waals surface area (Å²) in [4.78, 5) is 24.9. The zero-order chi connectivity index (χ0) is 12.5. The first-order chi connectivity index (χ1) is 8.74. The molecule has 3 rings (SSSR count). The minimum Gasteiger partial charge on any atom is -0.447 e. The van der Waals surface area contributed by atoms with E-state index in [9.17, 15) is 9.59 Å². The van der Waals surface area contributed by atoms with Crippen LogP contribution in [0, 0.1) is 0 Å². The molecule has 1 aromatic rings. The molecule has 1 atom stereocenters. The first-order valence-electron chi connectivity index (χ1n) is 6.03. The number of cyclic esters (lactones) is 1. The fraction of sp³-hybridized carbons (Fsp3) is 0.385. The second-order valence-electron chi connectivity index (χ2n) is 4.57. The molecule has 1 unspecified atom stereocenters. The number of ether oxygens (including phenoxy) is 1. The lowest BCUT2D eigenvalue weighted by molar-refractivity contribution is -0.134. The highest BCUT2D eigenvalue weighted by Crippen LogP contribution is 2.19. The smallest absolute Gasteiger partial charge is 0.407 e. The Morgan fingerprint density at radius 3 is 2.83 bits per heavy atom. The SMILES string of the molecule is O=C1NC(C(=O)N2CCc3ccccc3C2)CO1. The number of nitrogens with zero attached hydrogens (tertiary/aromatic N) is 1. The van der Waals surface area contributed by atoms with Gasteiger partial charge in [-0.05, 0) is 17.5 Å². The molecule has 5 heteroatoms. The molecule has 0 saturated carbocycles. The van der Waals surface area contributed by atoms with Crippen molar-refractivity contribution in [1.82, 2.24) is 10.2 Å². The van der Waals surface area contributed by atoms with Crippen LogP contribution in [0.4, 0.5) is 4.79 Å². The van der Waals surface area contributed by atoms with E-state index in [1.54, 1.807) is 4.90 Å². The van der Waals surface area contributed by atoms with Crippen LogP contribution < -0.4 is 5.32 Å². The van der Waals surface area contributed by atoms with Gasteiger partial charge in [-0.1, -0.05) is 24.3 Å². The van der Waals surface area contributed by atoms with Crippen molar-refractivity contribution >= 4 is 12.0 Å². The molecule has 5 nitrogen and oxygen atoms in total. The highest BCUT2D eigenvalue weighted by Gasteiger charge is 2.33. The Morgan fingerprint density at radius 2 is 2.11 bits per heavy atom. The maximum Gasteiger partial charge on any atom is 0.407 e. The van der Waals surface area contributed by atoms with Gasteiger partial charge in [0.15, 0.2) is 0 Å². The van der Waals surface area contributed by atoms with Gasteiger partial charge in [0.2, 0.25) is 5.91 Å². The molecule has 0 spiro atoms. The van der Waals surface area contributed by atoms with Gasteiger partial charge in [-0.25, -0.2) is 4.79 Å². The zero-order valence-corrected chi connectivity index (χ0v) is 9.89. The summed E-state index contributed by atoms with van der Waals surface area (Å²) >= 11 is 0. The number of hydrogen-bond donors (Lipinski definition) is 1. The van der Waals surface area contributed by atoms with E-state index in [0.29, 0.717) is 13.1 Å². The second-order valence-corrected chi connectivity index (χ2v) is 4.57. The van der Waals surface area contributed by atoms with Crippen LogP contribution in [0.1, 0.15) is 11.1 Å². The Morgan fingerprint density at radius 1 is 1.33 bits per heavy atom. The number of alkyl carbamates (subject to hydrolysis) is 1. The van der Waals surface area contributed by atoms with Gasteiger partial charge in [0, 0.05) is 13.1 Å². The Bertz CT molecular complexity index is 501. The molecule has 2 aliphatic heterocycles. The van der Waals surface area contributed by atoms with E-state index in [-0.39, 0.29) is 12.5 Å². The molecule has 94 valence electrons. The summed E-state index contributed by atoms with van der Waals surface area (Å²) in [6, 6.07) is 7.60. The van der Waals surface area contributed by atoms with Gasteiger partial charge in [0.1, 0.15) is 12.6 Å². The van der Waals surface area contributed by atoms with Crippen molar-refractivity contribution in [3.05, 3.63) is 35.4 Å². The highest BCUT2D eigenvalue weighted by atomic mass is 16.6. The summed E-state index contributed by atoms with van der Waals surface area (Å²) in [5.74, 6) is -0.0599. The number of hydrogen-bond acceptors (Lipinski definition) is 3. The molecule has 2 amide bonds. The minimum absolute atomic E-state index is 0.0599. The molecule has 0 aromatic heterocycles. The number of carbonyl (C=O) groups is 2. The second kappa shape index (κ2) is 4.33. The van der Waals surface area contributed by atoms with Gasteiger partial charge in [-0.15, -0.1) is 0 Å². The lowest BCUT2D eigenvalue weighted by Gasteiger charge is -2.30. The van der Waals surface area contributed by atoms with Gasteiger partial charge >= 0.3 is 6.09 Å². The lowest BCUT2D eigenvalue weighted by Crippen LogP contribution is -2.47. The van der Waals surface area contributed by atoms with Crippen molar-refractivity contribution in [2.45, 2.75) is 19.0 Å². The monoisotopic (exact) mass is 246 g/mol. The molecular formula is C13H14N2O3. The van der Waals surface area contributed by atoms with Crippen molar-refractivity contribution in [3.63, 3.8) is 0 Å². The largest absolute Gasteiger partial charge is 0.447 e. The molecule has 1 fully saturated rings. The van der Waals surface area contributed by atoms with E-state index in [0.717, 1.165) is 6.42 Å². The molecule has 0 bridgehead atoms. The van der Waals surface area contributed by atoms with Crippen LogP contribution in [0.25, 0.3) is 0 Å². The van der Waals surface area contributed by atoms with Crippen LogP contribution in [0.5, 0.6) is 0 Å². The standard InChI is InChI=1S/C13H14N2O3/c16-12(11-8-18-13(17)14-11)15-6-5-9-3-1-2-4-10(9)7-15/h1-4,11H,5-8H2,(H,14,17). The number of fused-ring (bicyclic) bond motifs is 1. The van der Waals surface area contributed by atoms with Gasteiger partial charge in [-0.3, -0.25) is 4.79 Å². The van der Waals surface area contributed by atoms with E-state index in [1.165, 1.54) is 11.1 Å². The summed E-state index contributed by atoms with van der Waals surface area (Å²) in [5.41, 5.74) is 2.48. The predicted octanol–water partition coefficient (Wildman–Crippen LogP) is 0.680. The minimum atomic E-state index is -0.525. The van der Waals surface area contributed by atoms with E-state index < -0.39 is 12.1 Å². The summed E-state index contributed by atoms with van der Waals surface area (Å²) in [6.45, 7) is 1.44. The summed E-state index contributed by atoms with van der Waals surface area (Å²) < 4.78 is 4.75. The number of amides is 2. The number of benzene rings is 1. The van der Waals surface area contributed by atoms with Crippen LogP contribution in [-0.2, 0) is 22.5 Å². The Kier molecular flexibility index (Phi) is 2.66. The van der Waals surface area contributed by atoms with Crippen molar-refractivity contribution < 1.29 is 14.3 Å². The average Bonchev–Trinajstić information content (AvgIpc) is 2.84. The Labute approximate surface area is 105 Å². The average molecular weight is 246 g/mol. The lowest BCUT2D eigenvalue weighted by atomic mass is 9.99. The van der Waals surface area contributed by atoms with Crippen molar-refractivity contribution in [1.29, 1.82) is 0 Å². The van der Waals surface area contributed by atoms with Crippen LogP contribution in [0.2, 0.25) is 0 Å². The third-order valence-corrected chi connectivity index (χ3v) is 3.41. The quantitative estimate of drug-likeness (QED) is 0.792. The van der Waals surface area contributed by atoms with E-state index in [4.69, 9.17) is 4.74 Å². The Hall–Kier alpha value is -2.04. The van der Waals surface area contributed by atoms with Crippen LogP contribution in [-0.4, -0.2) is 36.1 Å². The first-order valence-corrected chi connectivity index (χ1v) is 6.03. The normalized spacial score (nSPS) is 22.1. The van der Waals surface area contributed by atoms with Gasteiger partial charge in [0.05, 0.1) is 0 Å². The summed E-state index contributed by atoms with van der Waals surface area (Å²) in [5, 5.41) is 2.52. The Balaban J connectivity index is 1.72. The number of nitrogens with one attached hydrogen (secondary N) is 1. The van der Waals surface area contributed by atoms with E-state index in [1.807, 2.05) is 18.2 Å². The molecular weight excluding hydrogens is 232 g/mol. The van der Waals surface area contributed by atoms with E-state index >= 15 is 0 Å². The molecule has 1 saturated heterocycles. The predicted molar refractivity (Wildman–Crippen MR) is 63.8 cm³/mol. The fourth-order valence-electron chi connectivity index (χ4n) is 2.42. The third kappa shape index (κ3) is 1.92. The molecule has 2 heterocycles. The van der Waals surface area contributed by atoms with Gasteiger partial charge in [0.25, 0.3) is 0 Å². The van der Waals surface area contributed by atoms with Crippen molar-refractivity contribution in [2.75, 3.05) is 13.2 Å². The molecule has 1 N–H and O–H groups in total. The zero-order valence-electron chi connectivity index (χ0n) is 9.89. The number of carbonyl (C=O) groups excluding carboxylic acids is 2. The van der Waals surface area contributed by atoms with E-state index in [2.05, 4.69) is 11.4 Å².